The number of nitrogens with one attached hydrogen (secondary N) is 1. The van der Waals surface area contributed by atoms with Gasteiger partial charge in [-0.3, -0.25) is 4.79 Å². The maximum Gasteiger partial charge on any atom is 0.336 e. The summed E-state index contributed by atoms with van der Waals surface area (Å²) in [4.78, 5) is 30.8. The highest BCUT2D eigenvalue weighted by Gasteiger charge is 2.16. The highest BCUT2D eigenvalue weighted by atomic mass is 79.9. The van der Waals surface area contributed by atoms with Crippen molar-refractivity contribution in [3.8, 4) is 0 Å². The Morgan fingerprint density at radius 1 is 1.11 bits per heavy atom. The number of aromatic nitrogens is 2. The van der Waals surface area contributed by atoms with Gasteiger partial charge in [0.05, 0.1) is 23.5 Å². The number of aromatic carboxylic acids is 1. The molecule has 0 radical (unpaired) electrons. The molecule has 1 aromatic carbocycles. The highest BCUT2D eigenvalue weighted by Crippen LogP contribution is 2.12. The summed E-state index contributed by atoms with van der Waals surface area (Å²) >= 11 is 3.12. The van der Waals surface area contributed by atoms with Crippen LogP contribution in [0.4, 0.5) is 5.82 Å². The summed E-state index contributed by atoms with van der Waals surface area (Å²) in [6.07, 6.45) is 2.80. The van der Waals surface area contributed by atoms with E-state index in [-0.39, 0.29) is 16.9 Å². The summed E-state index contributed by atoms with van der Waals surface area (Å²) in [6, 6.07) is 5.95. The Labute approximate surface area is 116 Å². The van der Waals surface area contributed by atoms with Crippen LogP contribution in [0.25, 0.3) is 0 Å². The fourth-order valence-corrected chi connectivity index (χ4v) is 1.63. The van der Waals surface area contributed by atoms with E-state index in [0.717, 1.165) is 0 Å². The number of halogens is 1. The summed E-state index contributed by atoms with van der Waals surface area (Å²) in [7, 11) is 0. The Hall–Kier alpha value is -2.28. The van der Waals surface area contributed by atoms with Gasteiger partial charge in [-0.25, -0.2) is 14.8 Å². The van der Waals surface area contributed by atoms with E-state index in [1.165, 1.54) is 24.5 Å². The SMILES string of the molecule is O=C(O)c1ccccc1C(=O)Nc1cnc(Br)cn1. The molecule has 0 aliphatic carbocycles. The number of amides is 1. The van der Waals surface area contributed by atoms with Crippen LogP contribution in [0.1, 0.15) is 20.7 Å². The maximum atomic E-state index is 12.0. The lowest BCUT2D eigenvalue weighted by molar-refractivity contribution is 0.0692. The Balaban J connectivity index is 2.25. The van der Waals surface area contributed by atoms with Crippen LogP contribution in [0.15, 0.2) is 41.3 Å². The van der Waals surface area contributed by atoms with Gasteiger partial charge in [0, 0.05) is 0 Å². The van der Waals surface area contributed by atoms with Gasteiger partial charge in [0.1, 0.15) is 4.60 Å². The molecule has 0 saturated carbocycles. The van der Waals surface area contributed by atoms with Crippen LogP contribution in [-0.4, -0.2) is 27.0 Å². The van der Waals surface area contributed by atoms with Crippen molar-refractivity contribution in [1.29, 1.82) is 0 Å². The summed E-state index contributed by atoms with van der Waals surface area (Å²) in [5, 5.41) is 11.5. The second kappa shape index (κ2) is 5.57. The average molecular weight is 322 g/mol. The summed E-state index contributed by atoms with van der Waals surface area (Å²) in [5.41, 5.74) is 0.00443. The molecule has 0 spiro atoms. The Morgan fingerprint density at radius 3 is 2.37 bits per heavy atom. The third-order valence-corrected chi connectivity index (χ3v) is 2.67. The lowest BCUT2D eigenvalue weighted by Gasteiger charge is -2.06. The molecule has 1 heterocycles. The van der Waals surface area contributed by atoms with Crippen LogP contribution in [0.5, 0.6) is 0 Å². The average Bonchev–Trinajstić information content (AvgIpc) is 2.41. The molecule has 1 amide bonds. The van der Waals surface area contributed by atoms with E-state index in [4.69, 9.17) is 5.11 Å². The second-order valence-electron chi connectivity index (χ2n) is 3.53. The largest absolute Gasteiger partial charge is 0.478 e. The second-order valence-corrected chi connectivity index (χ2v) is 4.34. The first-order chi connectivity index (χ1) is 9.08. The molecule has 6 nitrogen and oxygen atoms in total. The molecular weight excluding hydrogens is 314 g/mol. The number of hydrogen-bond acceptors (Lipinski definition) is 4. The molecule has 1 aromatic heterocycles. The molecule has 0 unspecified atom stereocenters. The first-order valence-corrected chi connectivity index (χ1v) is 5.98. The third-order valence-electron chi connectivity index (χ3n) is 2.26. The predicted octanol–water partition coefficient (Wildman–Crippen LogP) is 2.19. The molecule has 19 heavy (non-hydrogen) atoms. The first kappa shape index (κ1) is 13.2. The van der Waals surface area contributed by atoms with Gasteiger partial charge in [0.15, 0.2) is 5.82 Å². The first-order valence-electron chi connectivity index (χ1n) is 5.19. The van der Waals surface area contributed by atoms with Gasteiger partial charge in [0.25, 0.3) is 5.91 Å². The molecule has 7 heteroatoms. The fraction of sp³-hybridized carbons (Fsp3) is 0. The zero-order valence-corrected chi connectivity index (χ0v) is 11.1. The lowest BCUT2D eigenvalue weighted by atomic mass is 10.1. The minimum atomic E-state index is -1.16. The maximum absolute atomic E-state index is 12.0. The predicted molar refractivity (Wildman–Crippen MR) is 71.1 cm³/mol. The zero-order chi connectivity index (χ0) is 13.8. The van der Waals surface area contributed by atoms with E-state index in [9.17, 15) is 9.59 Å². The molecule has 96 valence electrons. The van der Waals surface area contributed by atoms with E-state index in [0.29, 0.717) is 4.60 Å². The Bertz CT molecular complexity index is 628. The summed E-state index contributed by atoms with van der Waals surface area (Å²) in [5.74, 6) is -1.46. The number of benzene rings is 1. The Morgan fingerprint density at radius 2 is 1.79 bits per heavy atom. The smallest absolute Gasteiger partial charge is 0.336 e. The van der Waals surface area contributed by atoms with Crippen LogP contribution < -0.4 is 5.32 Å². The number of rotatable bonds is 3. The molecule has 0 fully saturated rings. The van der Waals surface area contributed by atoms with Crippen LogP contribution in [0.2, 0.25) is 0 Å². The molecule has 0 bridgehead atoms. The van der Waals surface area contributed by atoms with Crippen molar-refractivity contribution in [3.63, 3.8) is 0 Å². The molecule has 2 aromatic rings. The van der Waals surface area contributed by atoms with E-state index in [1.807, 2.05) is 0 Å². The number of hydrogen-bond donors (Lipinski definition) is 2. The van der Waals surface area contributed by atoms with E-state index >= 15 is 0 Å². The number of anilines is 1. The van der Waals surface area contributed by atoms with Crippen molar-refractivity contribution < 1.29 is 14.7 Å². The van der Waals surface area contributed by atoms with Crippen LogP contribution in [0.3, 0.4) is 0 Å². The van der Waals surface area contributed by atoms with E-state index in [2.05, 4.69) is 31.2 Å². The van der Waals surface area contributed by atoms with Crippen molar-refractivity contribution in [2.45, 2.75) is 0 Å². The molecule has 2 rings (SSSR count). The van der Waals surface area contributed by atoms with E-state index < -0.39 is 11.9 Å². The van der Waals surface area contributed by atoms with Crippen molar-refractivity contribution in [1.82, 2.24) is 9.97 Å². The van der Waals surface area contributed by atoms with Gasteiger partial charge in [-0.15, -0.1) is 0 Å². The van der Waals surface area contributed by atoms with E-state index in [1.54, 1.807) is 12.1 Å². The van der Waals surface area contributed by atoms with Gasteiger partial charge in [0.2, 0.25) is 0 Å². The van der Waals surface area contributed by atoms with Crippen LogP contribution >= 0.6 is 15.9 Å². The minimum Gasteiger partial charge on any atom is -0.478 e. The molecule has 2 N–H and O–H groups in total. The number of carbonyl (C=O) groups excluding carboxylic acids is 1. The molecule has 0 aliphatic heterocycles. The Kier molecular flexibility index (Phi) is 3.86. The van der Waals surface area contributed by atoms with Crippen molar-refractivity contribution in [3.05, 3.63) is 52.4 Å². The van der Waals surface area contributed by atoms with Gasteiger partial charge in [-0.1, -0.05) is 12.1 Å². The van der Waals surface area contributed by atoms with Gasteiger partial charge < -0.3 is 10.4 Å². The van der Waals surface area contributed by atoms with Crippen LogP contribution in [-0.2, 0) is 0 Å². The van der Waals surface area contributed by atoms with Crippen LogP contribution in [0, 0.1) is 0 Å². The quantitative estimate of drug-likeness (QED) is 0.904. The number of carbonyl (C=O) groups is 2. The monoisotopic (exact) mass is 321 g/mol. The molecule has 0 aliphatic rings. The van der Waals surface area contributed by atoms with Gasteiger partial charge >= 0.3 is 5.97 Å². The van der Waals surface area contributed by atoms with Crippen molar-refractivity contribution >= 4 is 33.6 Å². The zero-order valence-electron chi connectivity index (χ0n) is 9.50. The topological polar surface area (TPSA) is 92.2 Å². The molecule has 0 saturated heterocycles. The van der Waals surface area contributed by atoms with Crippen molar-refractivity contribution in [2.75, 3.05) is 5.32 Å². The van der Waals surface area contributed by atoms with Crippen molar-refractivity contribution in [2.24, 2.45) is 0 Å². The third kappa shape index (κ3) is 3.14. The number of carboxylic acids is 1. The fourth-order valence-electron chi connectivity index (χ4n) is 1.43. The summed E-state index contributed by atoms with van der Waals surface area (Å²) < 4.78 is 0.538. The summed E-state index contributed by atoms with van der Waals surface area (Å²) in [6.45, 7) is 0. The standard InChI is InChI=1S/C12H8BrN3O3/c13-9-5-15-10(6-14-9)16-11(17)7-3-1-2-4-8(7)12(18)19/h1-6H,(H,18,19)(H,15,16,17). The van der Waals surface area contributed by atoms with Gasteiger partial charge in [-0.05, 0) is 28.1 Å². The van der Waals surface area contributed by atoms with Gasteiger partial charge in [-0.2, -0.15) is 0 Å². The molecule has 0 atom stereocenters. The number of nitrogens with zero attached hydrogens (tertiary/aromatic N) is 2. The highest BCUT2D eigenvalue weighted by molar-refractivity contribution is 9.10. The lowest BCUT2D eigenvalue weighted by Crippen LogP contribution is -2.17. The normalized spacial score (nSPS) is 9.95. The molecular formula is C12H8BrN3O3. The minimum absolute atomic E-state index is 0.0647. The number of carboxylic acid groups (broad SMARTS) is 1.